The van der Waals surface area contributed by atoms with Crippen LogP contribution >= 0.6 is 0 Å². The third-order valence-electron chi connectivity index (χ3n) is 6.55. The predicted molar refractivity (Wildman–Crippen MR) is 135 cm³/mol. The lowest BCUT2D eigenvalue weighted by Gasteiger charge is -2.30. The van der Waals surface area contributed by atoms with Crippen LogP contribution in [-0.2, 0) is 6.42 Å². The lowest BCUT2D eigenvalue weighted by molar-refractivity contribution is 0.0729. The molecule has 0 radical (unpaired) electrons. The van der Waals surface area contributed by atoms with E-state index in [1.807, 2.05) is 54.4 Å². The summed E-state index contributed by atoms with van der Waals surface area (Å²) in [5.74, 6) is 1.24. The van der Waals surface area contributed by atoms with Gasteiger partial charge in [0.15, 0.2) is 23.2 Å². The molecule has 0 fully saturated rings. The molecule has 1 amide bonds. The third-order valence-corrected chi connectivity index (χ3v) is 6.55. The molecule has 0 aromatic heterocycles. The van der Waals surface area contributed by atoms with Gasteiger partial charge in [-0.1, -0.05) is 6.07 Å². The molecule has 0 saturated heterocycles. The van der Waals surface area contributed by atoms with Gasteiger partial charge in [0.25, 0.3) is 5.91 Å². The largest absolute Gasteiger partial charge is 0.494 e. The van der Waals surface area contributed by atoms with Gasteiger partial charge in [0.1, 0.15) is 0 Å². The van der Waals surface area contributed by atoms with E-state index in [9.17, 15) is 9.18 Å². The molecule has 3 heterocycles. The summed E-state index contributed by atoms with van der Waals surface area (Å²) in [5, 5.41) is 3.37. The number of halogens is 1. The van der Waals surface area contributed by atoms with Crippen molar-refractivity contribution >= 4 is 23.3 Å². The normalized spacial score (nSPS) is 18.9. The highest BCUT2D eigenvalue weighted by molar-refractivity contribution is 6.45. The monoisotopic (exact) mass is 476 g/mol. The number of carbonyl (C=O) groups excluding carboxylic acids is 1. The Balaban J connectivity index is 1.30. The molecule has 0 aliphatic carbocycles. The smallest absolute Gasteiger partial charge is 0.254 e. The van der Waals surface area contributed by atoms with Gasteiger partial charge in [-0.25, -0.2) is 9.38 Å². The summed E-state index contributed by atoms with van der Waals surface area (Å²) in [4.78, 5) is 28.1. The summed E-state index contributed by atoms with van der Waals surface area (Å²) in [6.07, 6.45) is 4.39. The Hall–Kier alpha value is -3.72. The topological polar surface area (TPSA) is 72.8 Å². The highest BCUT2D eigenvalue weighted by Crippen LogP contribution is 2.32. The average Bonchev–Trinajstić information content (AvgIpc) is 3.29. The SMILES string of the molecule is COc1ccc(C2CN=C3C(Nc4ccc5c(c4)CCN(CCN(C)C)C5=O)=NC=CN32)cc1F. The minimum Gasteiger partial charge on any atom is -0.494 e. The molecule has 0 saturated carbocycles. The lowest BCUT2D eigenvalue weighted by Crippen LogP contribution is -2.41. The fourth-order valence-electron chi connectivity index (χ4n) is 4.63. The van der Waals surface area contributed by atoms with E-state index < -0.39 is 5.82 Å². The molecular weight excluding hydrogens is 447 g/mol. The number of anilines is 1. The van der Waals surface area contributed by atoms with Crippen LogP contribution in [0.3, 0.4) is 0 Å². The van der Waals surface area contributed by atoms with E-state index in [0.717, 1.165) is 41.9 Å². The van der Waals surface area contributed by atoms with Crippen LogP contribution < -0.4 is 10.1 Å². The minimum absolute atomic E-state index is 0.0819. The van der Waals surface area contributed by atoms with Crippen LogP contribution in [0.15, 0.2) is 58.8 Å². The van der Waals surface area contributed by atoms with E-state index in [4.69, 9.17) is 4.74 Å². The zero-order valence-electron chi connectivity index (χ0n) is 20.2. The average molecular weight is 477 g/mol. The quantitative estimate of drug-likeness (QED) is 0.694. The molecule has 1 atom stereocenters. The number of nitrogens with zero attached hydrogens (tertiary/aromatic N) is 5. The number of aliphatic imine (C=N–C) groups is 2. The van der Waals surface area contributed by atoms with Crippen molar-refractivity contribution in [3.8, 4) is 5.75 Å². The van der Waals surface area contributed by atoms with E-state index >= 15 is 0 Å². The maximum Gasteiger partial charge on any atom is 0.254 e. The zero-order valence-corrected chi connectivity index (χ0v) is 20.2. The Labute approximate surface area is 204 Å². The number of fused-ring (bicyclic) bond motifs is 2. The van der Waals surface area contributed by atoms with Crippen molar-refractivity contribution in [3.63, 3.8) is 0 Å². The minimum atomic E-state index is -0.393. The molecule has 9 heteroatoms. The number of likely N-dealkylation sites (N-methyl/N-ethyl adjacent to an activating group) is 1. The van der Waals surface area contributed by atoms with Crippen molar-refractivity contribution in [2.24, 2.45) is 9.98 Å². The van der Waals surface area contributed by atoms with Gasteiger partial charge < -0.3 is 24.8 Å². The van der Waals surface area contributed by atoms with E-state index in [0.29, 0.717) is 24.8 Å². The van der Waals surface area contributed by atoms with Crippen LogP contribution in [0.2, 0.25) is 0 Å². The van der Waals surface area contributed by atoms with Crippen molar-refractivity contribution < 1.29 is 13.9 Å². The van der Waals surface area contributed by atoms with Crippen LogP contribution in [0.4, 0.5) is 10.1 Å². The van der Waals surface area contributed by atoms with Gasteiger partial charge in [0.05, 0.1) is 19.7 Å². The molecule has 3 aliphatic rings. The number of hydrogen-bond acceptors (Lipinski definition) is 7. The summed E-state index contributed by atoms with van der Waals surface area (Å²) in [7, 11) is 5.47. The van der Waals surface area contributed by atoms with Gasteiger partial charge in [-0.3, -0.25) is 9.79 Å². The molecule has 35 heavy (non-hydrogen) atoms. The van der Waals surface area contributed by atoms with Crippen molar-refractivity contribution in [2.75, 3.05) is 52.7 Å². The Morgan fingerprint density at radius 1 is 1.23 bits per heavy atom. The number of amides is 1. The molecule has 8 nitrogen and oxygen atoms in total. The fraction of sp³-hybridized carbons (Fsp3) is 0.346. The first-order valence-electron chi connectivity index (χ1n) is 11.7. The first-order chi connectivity index (χ1) is 16.9. The lowest BCUT2D eigenvalue weighted by atomic mass is 9.98. The van der Waals surface area contributed by atoms with E-state index in [2.05, 4.69) is 20.2 Å². The molecule has 182 valence electrons. The van der Waals surface area contributed by atoms with Gasteiger partial charge in [-0.05, 0) is 62.0 Å². The maximum atomic E-state index is 14.3. The summed E-state index contributed by atoms with van der Waals surface area (Å²) in [5.41, 5.74) is 3.46. The molecule has 0 spiro atoms. The van der Waals surface area contributed by atoms with Crippen LogP contribution in [0.25, 0.3) is 0 Å². The molecule has 1 unspecified atom stereocenters. The molecule has 0 bridgehead atoms. The van der Waals surface area contributed by atoms with Gasteiger partial charge in [-0.2, -0.15) is 0 Å². The highest BCUT2D eigenvalue weighted by atomic mass is 19.1. The number of benzene rings is 2. The summed E-state index contributed by atoms with van der Waals surface area (Å²) < 4.78 is 19.3. The molecule has 2 aromatic carbocycles. The van der Waals surface area contributed by atoms with E-state index in [1.54, 1.807) is 12.3 Å². The van der Waals surface area contributed by atoms with Gasteiger partial charge in [-0.15, -0.1) is 0 Å². The van der Waals surface area contributed by atoms with Crippen LogP contribution in [0.1, 0.15) is 27.5 Å². The van der Waals surface area contributed by atoms with Crippen molar-refractivity contribution in [1.29, 1.82) is 0 Å². The van der Waals surface area contributed by atoms with Gasteiger partial charge >= 0.3 is 0 Å². The molecule has 2 aromatic rings. The van der Waals surface area contributed by atoms with Gasteiger partial charge in [0, 0.05) is 43.3 Å². The number of ether oxygens (including phenoxy) is 1. The Kier molecular flexibility index (Phi) is 6.25. The number of carbonyl (C=O) groups is 1. The second-order valence-electron chi connectivity index (χ2n) is 9.10. The Morgan fingerprint density at radius 2 is 2.09 bits per heavy atom. The first kappa shape index (κ1) is 23.0. The summed E-state index contributed by atoms with van der Waals surface area (Å²) >= 11 is 0. The molecule has 3 aliphatic heterocycles. The number of rotatable bonds is 6. The molecular formula is C26H29FN6O2. The van der Waals surface area contributed by atoms with Crippen LogP contribution in [0, 0.1) is 5.82 Å². The highest BCUT2D eigenvalue weighted by Gasteiger charge is 2.33. The maximum absolute atomic E-state index is 14.3. The number of hydrogen-bond donors (Lipinski definition) is 1. The Morgan fingerprint density at radius 3 is 2.86 bits per heavy atom. The standard InChI is InChI=1S/C26H29FN6O2/c1-31(2)12-13-32-10-8-17-14-19(5-6-20(17)26(32)34)30-24-25-29-16-22(33(25)11-9-28-24)18-4-7-23(35-3)21(27)15-18/h4-7,9,11,14-15,22H,8,10,12-13,16H2,1-3H3,(H,28,30). The van der Waals surface area contributed by atoms with E-state index in [1.165, 1.54) is 13.2 Å². The number of methoxy groups -OCH3 is 1. The predicted octanol–water partition coefficient (Wildman–Crippen LogP) is 3.14. The van der Waals surface area contributed by atoms with Gasteiger partial charge in [0.2, 0.25) is 0 Å². The zero-order chi connectivity index (χ0) is 24.5. The van der Waals surface area contributed by atoms with E-state index in [-0.39, 0.29) is 17.7 Å². The second-order valence-corrected chi connectivity index (χ2v) is 9.10. The van der Waals surface area contributed by atoms with Crippen molar-refractivity contribution in [3.05, 3.63) is 71.3 Å². The fourth-order valence-corrected chi connectivity index (χ4v) is 4.63. The summed E-state index contributed by atoms with van der Waals surface area (Å²) in [6, 6.07) is 10.7. The third kappa shape index (κ3) is 4.51. The van der Waals surface area contributed by atoms with Crippen molar-refractivity contribution in [2.45, 2.75) is 12.5 Å². The molecule has 5 rings (SSSR count). The Bertz CT molecular complexity index is 1240. The van der Waals surface area contributed by atoms with Crippen LogP contribution in [-0.4, -0.2) is 79.7 Å². The number of amidine groups is 2. The second kappa shape index (κ2) is 9.50. The molecule has 1 N–H and O–H groups in total. The first-order valence-corrected chi connectivity index (χ1v) is 11.7. The number of nitrogens with one attached hydrogen (secondary N) is 1. The van der Waals surface area contributed by atoms with Crippen molar-refractivity contribution in [1.82, 2.24) is 14.7 Å². The van der Waals surface area contributed by atoms with Crippen LogP contribution in [0.5, 0.6) is 5.75 Å². The summed E-state index contributed by atoms with van der Waals surface area (Å²) in [6.45, 7) is 2.78.